The topological polar surface area (TPSA) is 86.3 Å². The molecule has 0 radical (unpaired) electrons. The number of hydrogen-bond acceptors (Lipinski definition) is 7. The molecule has 1 saturated heterocycles. The van der Waals surface area contributed by atoms with E-state index in [1.807, 2.05) is 29.2 Å². The van der Waals surface area contributed by atoms with E-state index in [0.717, 1.165) is 24.5 Å². The Balaban J connectivity index is 1.34. The summed E-state index contributed by atoms with van der Waals surface area (Å²) >= 11 is 7.06. The van der Waals surface area contributed by atoms with E-state index in [4.69, 9.17) is 16.3 Å². The van der Waals surface area contributed by atoms with Gasteiger partial charge in [-0.3, -0.25) is 9.69 Å². The summed E-state index contributed by atoms with van der Waals surface area (Å²) < 4.78 is 5.93. The Kier molecular flexibility index (Phi) is 5.36. The molecule has 2 N–H and O–H groups in total. The van der Waals surface area contributed by atoms with Crippen molar-refractivity contribution in [2.75, 3.05) is 36.0 Å². The van der Waals surface area contributed by atoms with Gasteiger partial charge < -0.3 is 20.4 Å². The average Bonchev–Trinajstić information content (AvgIpc) is 3.32. The first kappa shape index (κ1) is 18.6. The van der Waals surface area contributed by atoms with Gasteiger partial charge in [-0.05, 0) is 36.4 Å². The lowest BCUT2D eigenvalue weighted by Gasteiger charge is -2.23. The van der Waals surface area contributed by atoms with Crippen molar-refractivity contribution < 1.29 is 14.3 Å². The van der Waals surface area contributed by atoms with Crippen LogP contribution in [0.1, 0.15) is 9.67 Å². The van der Waals surface area contributed by atoms with Crippen molar-refractivity contribution in [1.82, 2.24) is 10.7 Å². The van der Waals surface area contributed by atoms with Crippen molar-refractivity contribution in [3.63, 3.8) is 0 Å². The monoisotopic (exact) mass is 419 g/mol. The van der Waals surface area contributed by atoms with E-state index >= 15 is 0 Å². The highest BCUT2D eigenvalue weighted by atomic mass is 35.5. The number of halogens is 1. The number of cyclic esters (lactones) is 1. The number of benzene rings is 1. The molecule has 1 fully saturated rings. The third-order valence-electron chi connectivity index (χ3n) is 4.41. The first-order chi connectivity index (χ1) is 13.6. The molecule has 1 aromatic carbocycles. The van der Waals surface area contributed by atoms with Crippen LogP contribution in [-0.2, 0) is 4.74 Å². The van der Waals surface area contributed by atoms with Crippen LogP contribution in [0.5, 0.6) is 0 Å². The molecule has 4 rings (SSSR count). The van der Waals surface area contributed by atoms with Gasteiger partial charge in [0.05, 0.1) is 28.8 Å². The summed E-state index contributed by atoms with van der Waals surface area (Å²) in [5.41, 5.74) is 4.65. The van der Waals surface area contributed by atoms with Crippen LogP contribution >= 0.6 is 22.9 Å². The maximum atomic E-state index is 12.2. The lowest BCUT2D eigenvalue weighted by molar-refractivity contribution is 0.0920. The second-order valence-corrected chi connectivity index (χ2v) is 8.01. The van der Waals surface area contributed by atoms with Gasteiger partial charge in [0.2, 0.25) is 0 Å². The Morgan fingerprint density at radius 1 is 1.29 bits per heavy atom. The quantitative estimate of drug-likeness (QED) is 0.777. The third kappa shape index (κ3) is 4.05. The Labute approximate surface area is 170 Å². The SMILES string of the molecule is O=C(NC[C@H]1CN(c2ccc(N3C=NNCC3)cc2)C(=O)O1)c1ccc(Cl)s1. The first-order valence-corrected chi connectivity index (χ1v) is 9.94. The zero-order chi connectivity index (χ0) is 19.5. The molecule has 2 aliphatic rings. The third-order valence-corrected chi connectivity index (χ3v) is 5.64. The first-order valence-electron chi connectivity index (χ1n) is 8.74. The summed E-state index contributed by atoms with van der Waals surface area (Å²) in [6.07, 6.45) is 0.907. The van der Waals surface area contributed by atoms with Crippen molar-refractivity contribution >= 4 is 52.7 Å². The normalized spacial score (nSPS) is 18.8. The van der Waals surface area contributed by atoms with Crippen molar-refractivity contribution in [2.45, 2.75) is 6.10 Å². The summed E-state index contributed by atoms with van der Waals surface area (Å²) in [6, 6.07) is 11.0. The standard InChI is InChI=1S/C18H18ClN5O3S/c19-16-6-5-15(28-16)17(25)20-9-14-10-24(18(26)27-14)13-3-1-12(2-4-13)23-8-7-21-22-11-23/h1-6,11,14,21H,7-10H2,(H,20,25)/t14-/m0/s1. The highest BCUT2D eigenvalue weighted by Crippen LogP contribution is 2.25. The van der Waals surface area contributed by atoms with Gasteiger partial charge in [-0.1, -0.05) is 11.6 Å². The summed E-state index contributed by atoms with van der Waals surface area (Å²) in [5.74, 6) is -0.228. The van der Waals surface area contributed by atoms with Gasteiger partial charge in [-0.25, -0.2) is 4.79 Å². The Morgan fingerprint density at radius 3 is 2.75 bits per heavy atom. The van der Waals surface area contributed by atoms with Crippen LogP contribution in [0.3, 0.4) is 0 Å². The van der Waals surface area contributed by atoms with Gasteiger partial charge in [0.15, 0.2) is 0 Å². The molecular formula is C18H18ClN5O3S. The van der Waals surface area contributed by atoms with E-state index in [1.165, 1.54) is 11.3 Å². The van der Waals surface area contributed by atoms with Crippen LogP contribution in [0.15, 0.2) is 41.5 Å². The number of carbonyl (C=O) groups excluding carboxylic acids is 2. The van der Waals surface area contributed by atoms with Gasteiger partial charge in [0.1, 0.15) is 12.4 Å². The molecule has 10 heteroatoms. The van der Waals surface area contributed by atoms with Gasteiger partial charge in [0.25, 0.3) is 5.91 Å². The number of amides is 2. The van der Waals surface area contributed by atoms with E-state index in [1.54, 1.807) is 23.4 Å². The van der Waals surface area contributed by atoms with Crippen molar-refractivity contribution in [2.24, 2.45) is 5.10 Å². The molecule has 8 nitrogen and oxygen atoms in total. The number of rotatable bonds is 5. The largest absolute Gasteiger partial charge is 0.442 e. The summed E-state index contributed by atoms with van der Waals surface area (Å²) in [7, 11) is 0. The van der Waals surface area contributed by atoms with Gasteiger partial charge in [-0.2, -0.15) is 5.10 Å². The molecular weight excluding hydrogens is 402 g/mol. The minimum atomic E-state index is -0.421. The van der Waals surface area contributed by atoms with Crippen LogP contribution in [-0.4, -0.2) is 50.6 Å². The maximum Gasteiger partial charge on any atom is 0.414 e. The number of hydrogen-bond donors (Lipinski definition) is 2. The Hall–Kier alpha value is -2.78. The minimum Gasteiger partial charge on any atom is -0.442 e. The van der Waals surface area contributed by atoms with E-state index < -0.39 is 12.2 Å². The smallest absolute Gasteiger partial charge is 0.414 e. The fourth-order valence-electron chi connectivity index (χ4n) is 2.99. The van der Waals surface area contributed by atoms with Crippen LogP contribution in [0, 0.1) is 0 Å². The fourth-order valence-corrected chi connectivity index (χ4v) is 3.95. The molecule has 3 heterocycles. The summed E-state index contributed by atoms with van der Waals surface area (Å²) in [6.45, 7) is 2.22. The molecule has 2 amide bonds. The lowest BCUT2D eigenvalue weighted by Crippen LogP contribution is -2.35. The molecule has 1 atom stereocenters. The van der Waals surface area contributed by atoms with Crippen LogP contribution in [0.25, 0.3) is 0 Å². The fraction of sp³-hybridized carbons (Fsp3) is 0.278. The summed E-state index contributed by atoms with van der Waals surface area (Å²) in [4.78, 5) is 28.4. The molecule has 0 aliphatic carbocycles. The zero-order valence-electron chi connectivity index (χ0n) is 14.8. The highest BCUT2D eigenvalue weighted by molar-refractivity contribution is 7.18. The van der Waals surface area contributed by atoms with Crippen LogP contribution in [0.4, 0.5) is 16.2 Å². The molecule has 0 unspecified atom stereocenters. The number of nitrogens with one attached hydrogen (secondary N) is 2. The predicted molar refractivity (Wildman–Crippen MR) is 110 cm³/mol. The Morgan fingerprint density at radius 2 is 2.07 bits per heavy atom. The molecule has 0 saturated carbocycles. The van der Waals surface area contributed by atoms with Crippen molar-refractivity contribution in [3.8, 4) is 0 Å². The van der Waals surface area contributed by atoms with E-state index in [-0.39, 0.29) is 12.5 Å². The number of hydrazone groups is 1. The number of thiophene rings is 1. The minimum absolute atomic E-state index is 0.228. The van der Waals surface area contributed by atoms with Crippen molar-refractivity contribution in [1.29, 1.82) is 0 Å². The van der Waals surface area contributed by atoms with E-state index in [9.17, 15) is 9.59 Å². The number of nitrogens with zero attached hydrogens (tertiary/aromatic N) is 3. The molecule has 2 aliphatic heterocycles. The van der Waals surface area contributed by atoms with Gasteiger partial charge >= 0.3 is 6.09 Å². The van der Waals surface area contributed by atoms with Gasteiger partial charge in [-0.15, -0.1) is 11.3 Å². The molecule has 1 aromatic heterocycles. The number of carbonyl (C=O) groups is 2. The number of ether oxygens (including phenoxy) is 1. The molecule has 146 valence electrons. The van der Waals surface area contributed by atoms with E-state index in [2.05, 4.69) is 15.8 Å². The predicted octanol–water partition coefficient (Wildman–Crippen LogP) is 2.51. The molecule has 2 aromatic rings. The zero-order valence-corrected chi connectivity index (χ0v) is 16.4. The summed E-state index contributed by atoms with van der Waals surface area (Å²) in [5, 5.41) is 6.82. The van der Waals surface area contributed by atoms with Crippen LogP contribution in [0.2, 0.25) is 4.34 Å². The van der Waals surface area contributed by atoms with Crippen molar-refractivity contribution in [3.05, 3.63) is 45.6 Å². The lowest BCUT2D eigenvalue weighted by atomic mass is 10.2. The van der Waals surface area contributed by atoms with Gasteiger partial charge in [0, 0.05) is 17.9 Å². The average molecular weight is 420 g/mol. The molecule has 28 heavy (non-hydrogen) atoms. The number of anilines is 2. The van der Waals surface area contributed by atoms with E-state index in [0.29, 0.717) is 15.8 Å². The molecule has 0 bridgehead atoms. The Bertz CT molecular complexity index is 901. The van der Waals surface area contributed by atoms with Crippen LogP contribution < -0.4 is 20.5 Å². The second kappa shape index (κ2) is 8.07. The molecule has 0 spiro atoms. The second-order valence-electron chi connectivity index (χ2n) is 6.29. The highest BCUT2D eigenvalue weighted by Gasteiger charge is 2.32. The maximum absolute atomic E-state index is 12.2.